The van der Waals surface area contributed by atoms with Crippen LogP contribution in [0.4, 0.5) is 4.39 Å². The highest BCUT2D eigenvalue weighted by molar-refractivity contribution is 5.68. The number of aliphatic carboxylic acids is 2. The summed E-state index contributed by atoms with van der Waals surface area (Å²) in [5, 5.41) is 19.4. The summed E-state index contributed by atoms with van der Waals surface area (Å²) in [6, 6.07) is 7.32. The standard InChI is InChI=1S/C19H22FN5.2C2H4O2/c1-12-9-13(2)25(23-12)18-6-3-14(20)10-17(18)19-22-7-8-24(19)16-5-4-15(21)11-16;2*1-2(3)4/h3,6-10,15-16H,4-5,11,21H2,1-2H3;2*1H3,(H,3,4)/t15-,16+;;/m0../s1. The summed E-state index contributed by atoms with van der Waals surface area (Å²) < 4.78 is 18.0. The van der Waals surface area contributed by atoms with E-state index in [1.165, 1.54) is 6.07 Å². The Balaban J connectivity index is 0.000000420. The number of carboxylic acids is 2. The first-order chi connectivity index (χ1) is 15.5. The first-order valence-electron chi connectivity index (χ1n) is 10.5. The van der Waals surface area contributed by atoms with Gasteiger partial charge in [0.15, 0.2) is 0 Å². The Labute approximate surface area is 191 Å². The molecule has 2 atom stereocenters. The lowest BCUT2D eigenvalue weighted by Gasteiger charge is -2.18. The van der Waals surface area contributed by atoms with Crippen LogP contribution in [0.2, 0.25) is 0 Å². The van der Waals surface area contributed by atoms with Crippen LogP contribution in [0.15, 0.2) is 36.7 Å². The first kappa shape index (κ1) is 25.7. The highest BCUT2D eigenvalue weighted by Gasteiger charge is 2.26. The summed E-state index contributed by atoms with van der Waals surface area (Å²) in [5.74, 6) is -1.18. The molecule has 178 valence electrons. The Bertz CT molecular complexity index is 1090. The van der Waals surface area contributed by atoms with Crippen molar-refractivity contribution >= 4 is 11.9 Å². The number of halogens is 1. The van der Waals surface area contributed by atoms with Crippen LogP contribution in [-0.4, -0.2) is 47.5 Å². The summed E-state index contributed by atoms with van der Waals surface area (Å²) >= 11 is 0. The third-order valence-electron chi connectivity index (χ3n) is 4.94. The lowest BCUT2D eigenvalue weighted by molar-refractivity contribution is -0.135. The molecule has 1 aliphatic rings. The van der Waals surface area contributed by atoms with Gasteiger partial charge in [-0.3, -0.25) is 9.59 Å². The number of benzene rings is 1. The van der Waals surface area contributed by atoms with E-state index in [4.69, 9.17) is 25.5 Å². The minimum Gasteiger partial charge on any atom is -0.481 e. The zero-order chi connectivity index (χ0) is 24.7. The average molecular weight is 460 g/mol. The monoisotopic (exact) mass is 459 g/mol. The fourth-order valence-corrected chi connectivity index (χ4v) is 3.81. The molecular formula is C23H30FN5O4. The molecule has 0 unspecified atom stereocenters. The summed E-state index contributed by atoms with van der Waals surface area (Å²) in [4.78, 5) is 22.5. The molecule has 9 nitrogen and oxygen atoms in total. The fraction of sp³-hybridized carbons (Fsp3) is 0.391. The average Bonchev–Trinajstić information content (AvgIpc) is 3.40. The Kier molecular flexibility index (Phi) is 8.86. The second kappa shape index (κ2) is 11.4. The summed E-state index contributed by atoms with van der Waals surface area (Å²) in [6.07, 6.45) is 6.70. The number of aryl methyl sites for hydroxylation is 2. The number of hydrogen-bond donors (Lipinski definition) is 3. The van der Waals surface area contributed by atoms with Gasteiger partial charge in [-0.1, -0.05) is 0 Å². The second-order valence-electron chi connectivity index (χ2n) is 7.92. The van der Waals surface area contributed by atoms with E-state index in [0.29, 0.717) is 6.04 Å². The fourth-order valence-electron chi connectivity index (χ4n) is 3.81. The van der Waals surface area contributed by atoms with Gasteiger partial charge in [-0.15, -0.1) is 0 Å². The third-order valence-corrected chi connectivity index (χ3v) is 4.94. The molecule has 4 rings (SSSR count). The number of nitrogens with zero attached hydrogens (tertiary/aromatic N) is 4. The smallest absolute Gasteiger partial charge is 0.300 e. The van der Waals surface area contributed by atoms with Crippen molar-refractivity contribution in [3.05, 3.63) is 53.9 Å². The molecule has 0 spiro atoms. The van der Waals surface area contributed by atoms with Crippen LogP contribution < -0.4 is 5.73 Å². The van der Waals surface area contributed by atoms with E-state index in [9.17, 15) is 4.39 Å². The summed E-state index contributed by atoms with van der Waals surface area (Å²) in [5.41, 5.74) is 9.60. The van der Waals surface area contributed by atoms with Gasteiger partial charge in [-0.05, 0) is 57.4 Å². The van der Waals surface area contributed by atoms with Crippen LogP contribution in [-0.2, 0) is 9.59 Å². The number of hydrogen-bond acceptors (Lipinski definition) is 5. The van der Waals surface area contributed by atoms with Crippen LogP contribution in [0.1, 0.15) is 50.5 Å². The van der Waals surface area contributed by atoms with Crippen molar-refractivity contribution in [2.45, 2.75) is 59.0 Å². The predicted molar refractivity (Wildman–Crippen MR) is 122 cm³/mol. The molecule has 0 saturated heterocycles. The molecule has 1 saturated carbocycles. The van der Waals surface area contributed by atoms with Crippen molar-refractivity contribution in [3.63, 3.8) is 0 Å². The van der Waals surface area contributed by atoms with E-state index in [2.05, 4.69) is 14.6 Å². The van der Waals surface area contributed by atoms with Gasteiger partial charge in [0.1, 0.15) is 11.6 Å². The quantitative estimate of drug-likeness (QED) is 0.543. The molecule has 33 heavy (non-hydrogen) atoms. The molecule has 3 aromatic rings. The van der Waals surface area contributed by atoms with Crippen molar-refractivity contribution in [2.75, 3.05) is 0 Å². The Morgan fingerprint density at radius 2 is 1.76 bits per heavy atom. The Hall–Kier alpha value is -3.53. The van der Waals surface area contributed by atoms with E-state index >= 15 is 0 Å². The maximum atomic E-state index is 14.0. The topological polar surface area (TPSA) is 136 Å². The minimum atomic E-state index is -0.833. The number of carboxylic acid groups (broad SMARTS) is 2. The van der Waals surface area contributed by atoms with Gasteiger partial charge in [-0.2, -0.15) is 5.10 Å². The van der Waals surface area contributed by atoms with Crippen molar-refractivity contribution in [3.8, 4) is 17.1 Å². The number of imidazole rings is 1. The molecule has 0 radical (unpaired) electrons. The number of rotatable bonds is 3. The summed E-state index contributed by atoms with van der Waals surface area (Å²) in [6.45, 7) is 6.11. The predicted octanol–water partition coefficient (Wildman–Crippen LogP) is 3.73. The van der Waals surface area contributed by atoms with Crippen LogP contribution >= 0.6 is 0 Å². The Morgan fingerprint density at radius 1 is 1.12 bits per heavy atom. The van der Waals surface area contributed by atoms with Gasteiger partial charge < -0.3 is 20.5 Å². The number of carbonyl (C=O) groups is 2. The van der Waals surface area contributed by atoms with Crippen LogP contribution in [0, 0.1) is 19.7 Å². The third kappa shape index (κ3) is 7.25. The van der Waals surface area contributed by atoms with Gasteiger partial charge in [0.05, 0.1) is 11.4 Å². The first-order valence-corrected chi connectivity index (χ1v) is 10.5. The lowest BCUT2D eigenvalue weighted by Crippen LogP contribution is -2.16. The maximum Gasteiger partial charge on any atom is 0.300 e. The largest absolute Gasteiger partial charge is 0.481 e. The molecule has 0 bridgehead atoms. The van der Waals surface area contributed by atoms with Gasteiger partial charge in [0.25, 0.3) is 11.9 Å². The molecule has 1 aliphatic carbocycles. The van der Waals surface area contributed by atoms with Gasteiger partial charge >= 0.3 is 0 Å². The zero-order valence-corrected chi connectivity index (χ0v) is 19.2. The minimum absolute atomic E-state index is 0.225. The maximum absolute atomic E-state index is 14.0. The van der Waals surface area contributed by atoms with E-state index in [1.807, 2.05) is 30.8 Å². The highest BCUT2D eigenvalue weighted by atomic mass is 19.1. The van der Waals surface area contributed by atoms with E-state index < -0.39 is 11.9 Å². The number of nitrogens with two attached hydrogens (primary N) is 1. The molecule has 2 heterocycles. The van der Waals surface area contributed by atoms with Crippen molar-refractivity contribution in [2.24, 2.45) is 5.73 Å². The zero-order valence-electron chi connectivity index (χ0n) is 19.2. The molecule has 1 aromatic carbocycles. The second-order valence-corrected chi connectivity index (χ2v) is 7.92. The van der Waals surface area contributed by atoms with Crippen molar-refractivity contribution in [1.29, 1.82) is 0 Å². The van der Waals surface area contributed by atoms with Crippen LogP contribution in [0.3, 0.4) is 0 Å². The van der Waals surface area contributed by atoms with E-state index in [1.54, 1.807) is 18.3 Å². The normalized spacial score (nSPS) is 16.9. The molecule has 0 aliphatic heterocycles. The van der Waals surface area contributed by atoms with E-state index in [0.717, 1.165) is 61.6 Å². The van der Waals surface area contributed by atoms with Crippen molar-refractivity contribution < 1.29 is 24.2 Å². The van der Waals surface area contributed by atoms with Crippen LogP contribution in [0.25, 0.3) is 17.1 Å². The molecular weight excluding hydrogens is 429 g/mol. The van der Waals surface area contributed by atoms with Crippen LogP contribution in [0.5, 0.6) is 0 Å². The highest BCUT2D eigenvalue weighted by Crippen LogP contribution is 2.35. The van der Waals surface area contributed by atoms with Crippen molar-refractivity contribution in [1.82, 2.24) is 19.3 Å². The SMILES string of the molecule is CC(=O)O.CC(=O)O.Cc1cc(C)n(-c2ccc(F)cc2-c2nccn2[C@@H]2CC[C@H](N)C2)n1. The van der Waals surface area contributed by atoms with Gasteiger partial charge in [-0.25, -0.2) is 14.1 Å². The molecule has 4 N–H and O–H groups in total. The Morgan fingerprint density at radius 3 is 2.27 bits per heavy atom. The van der Waals surface area contributed by atoms with Gasteiger partial charge in [0.2, 0.25) is 0 Å². The van der Waals surface area contributed by atoms with E-state index in [-0.39, 0.29) is 11.9 Å². The number of aromatic nitrogens is 4. The van der Waals surface area contributed by atoms with Gasteiger partial charge in [0, 0.05) is 49.6 Å². The molecule has 10 heteroatoms. The molecule has 0 amide bonds. The molecule has 2 aromatic heterocycles. The summed E-state index contributed by atoms with van der Waals surface area (Å²) in [7, 11) is 0. The molecule has 1 fully saturated rings. The lowest BCUT2D eigenvalue weighted by atomic mass is 10.1.